The van der Waals surface area contributed by atoms with Gasteiger partial charge in [0.2, 0.25) is 0 Å². The molecule has 0 saturated carbocycles. The molecule has 1 aromatic rings. The standard InChI is InChI=1S/C17H18O.C2H6.CH5N/c1-3-7-14-12(4-2)10-13-11-18-16-9-6-5-8-15(16)17(13)14;2*1-2/h3-9,13H,10-11H2,1-2H3;1-2H3;2H2,1H3/b7-3-,12-4-;;. The summed E-state index contributed by atoms with van der Waals surface area (Å²) in [4.78, 5) is 0. The first kappa shape index (κ1) is 18.2. The molecule has 0 aromatic heterocycles. The van der Waals surface area contributed by atoms with E-state index in [1.165, 1.54) is 29.3 Å². The zero-order chi connectivity index (χ0) is 16.5. The Morgan fingerprint density at radius 3 is 2.45 bits per heavy atom. The summed E-state index contributed by atoms with van der Waals surface area (Å²) >= 11 is 0. The van der Waals surface area contributed by atoms with Crippen LogP contribution in [-0.2, 0) is 0 Å². The van der Waals surface area contributed by atoms with Gasteiger partial charge in [0.15, 0.2) is 0 Å². The van der Waals surface area contributed by atoms with Crippen molar-refractivity contribution in [3.63, 3.8) is 0 Å². The quantitative estimate of drug-likeness (QED) is 0.794. The van der Waals surface area contributed by atoms with Crippen molar-refractivity contribution in [2.45, 2.75) is 34.1 Å². The van der Waals surface area contributed by atoms with E-state index in [9.17, 15) is 0 Å². The molecule has 1 heterocycles. The summed E-state index contributed by atoms with van der Waals surface area (Å²) in [6.45, 7) is 9.02. The lowest BCUT2D eigenvalue weighted by atomic mass is 9.91. The van der Waals surface area contributed by atoms with Gasteiger partial charge in [-0.1, -0.05) is 50.3 Å². The molecule has 1 atom stereocenters. The lowest BCUT2D eigenvalue weighted by Gasteiger charge is -2.24. The third-order valence-electron chi connectivity index (χ3n) is 3.81. The van der Waals surface area contributed by atoms with Gasteiger partial charge < -0.3 is 10.5 Å². The molecule has 22 heavy (non-hydrogen) atoms. The van der Waals surface area contributed by atoms with E-state index in [-0.39, 0.29) is 0 Å². The molecule has 1 aliphatic carbocycles. The second-order valence-corrected chi connectivity index (χ2v) is 4.85. The van der Waals surface area contributed by atoms with Gasteiger partial charge in [-0.2, -0.15) is 0 Å². The largest absolute Gasteiger partial charge is 0.492 e. The van der Waals surface area contributed by atoms with Gasteiger partial charge in [0.05, 0.1) is 6.61 Å². The summed E-state index contributed by atoms with van der Waals surface area (Å²) < 4.78 is 5.87. The fourth-order valence-corrected chi connectivity index (χ4v) is 3.02. The Bertz CT molecular complexity index is 567. The van der Waals surface area contributed by atoms with Gasteiger partial charge in [-0.3, -0.25) is 0 Å². The molecule has 2 nitrogen and oxygen atoms in total. The number of hydrogen-bond donors (Lipinski definition) is 1. The first-order valence-corrected chi connectivity index (χ1v) is 8.17. The maximum absolute atomic E-state index is 5.87. The highest BCUT2D eigenvalue weighted by molar-refractivity contribution is 5.83. The molecule has 1 aliphatic heterocycles. The molecule has 0 bridgehead atoms. The van der Waals surface area contributed by atoms with Crippen molar-refractivity contribution in [3.05, 3.63) is 59.2 Å². The van der Waals surface area contributed by atoms with Crippen LogP contribution in [0.1, 0.15) is 39.7 Å². The first-order chi connectivity index (χ1) is 10.8. The highest BCUT2D eigenvalue weighted by Crippen LogP contribution is 2.48. The SMILES string of the molecule is C/C=C\C1=C2c3ccccc3OCC2C/C1=C/C.CC.CN. The third-order valence-corrected chi connectivity index (χ3v) is 3.81. The van der Waals surface area contributed by atoms with Crippen LogP contribution in [0.15, 0.2) is 53.6 Å². The van der Waals surface area contributed by atoms with Crippen LogP contribution in [0, 0.1) is 5.92 Å². The van der Waals surface area contributed by atoms with Crippen molar-refractivity contribution >= 4 is 5.57 Å². The van der Waals surface area contributed by atoms with Crippen LogP contribution < -0.4 is 10.5 Å². The summed E-state index contributed by atoms with van der Waals surface area (Å²) in [5, 5.41) is 0. The predicted octanol–water partition coefficient (Wildman–Crippen LogP) is 4.98. The zero-order valence-electron chi connectivity index (χ0n) is 14.5. The van der Waals surface area contributed by atoms with Crippen molar-refractivity contribution in [1.82, 2.24) is 0 Å². The molecule has 2 heteroatoms. The van der Waals surface area contributed by atoms with Crippen LogP contribution in [0.5, 0.6) is 5.75 Å². The van der Waals surface area contributed by atoms with Crippen LogP contribution in [0.25, 0.3) is 5.57 Å². The highest BCUT2D eigenvalue weighted by atomic mass is 16.5. The zero-order valence-corrected chi connectivity index (χ0v) is 14.5. The van der Waals surface area contributed by atoms with E-state index in [0.29, 0.717) is 5.92 Å². The van der Waals surface area contributed by atoms with Gasteiger partial charge in [0, 0.05) is 11.5 Å². The first-order valence-electron chi connectivity index (χ1n) is 8.17. The molecule has 1 unspecified atom stereocenters. The molecular formula is C20H29NO. The third kappa shape index (κ3) is 3.50. The molecule has 0 amide bonds. The maximum Gasteiger partial charge on any atom is 0.126 e. The Labute approximate surface area is 135 Å². The van der Waals surface area contributed by atoms with Gasteiger partial charge in [-0.25, -0.2) is 0 Å². The fourth-order valence-electron chi connectivity index (χ4n) is 3.02. The summed E-state index contributed by atoms with van der Waals surface area (Å²) in [7, 11) is 1.50. The van der Waals surface area contributed by atoms with E-state index < -0.39 is 0 Å². The second-order valence-electron chi connectivity index (χ2n) is 4.85. The number of benzene rings is 1. The van der Waals surface area contributed by atoms with Crippen LogP contribution in [-0.4, -0.2) is 13.7 Å². The van der Waals surface area contributed by atoms with E-state index in [2.05, 4.69) is 56.0 Å². The molecule has 3 rings (SSSR count). The van der Waals surface area contributed by atoms with E-state index in [0.717, 1.165) is 18.8 Å². The minimum atomic E-state index is 0.525. The maximum atomic E-state index is 5.87. The number of ether oxygens (including phenoxy) is 1. The average Bonchev–Trinajstić information content (AvgIpc) is 2.97. The van der Waals surface area contributed by atoms with Crippen molar-refractivity contribution < 1.29 is 4.74 Å². The van der Waals surface area contributed by atoms with E-state index in [1.54, 1.807) is 0 Å². The van der Waals surface area contributed by atoms with E-state index >= 15 is 0 Å². The summed E-state index contributed by atoms with van der Waals surface area (Å²) in [5.41, 5.74) is 10.1. The number of para-hydroxylation sites is 1. The minimum absolute atomic E-state index is 0.525. The smallest absolute Gasteiger partial charge is 0.126 e. The van der Waals surface area contributed by atoms with Crippen LogP contribution in [0.2, 0.25) is 0 Å². The number of hydrogen-bond acceptors (Lipinski definition) is 2. The Hall–Kier alpha value is -1.80. The van der Waals surface area contributed by atoms with Crippen LogP contribution in [0.4, 0.5) is 0 Å². The van der Waals surface area contributed by atoms with Crippen molar-refractivity contribution in [1.29, 1.82) is 0 Å². The Morgan fingerprint density at radius 2 is 1.82 bits per heavy atom. The molecule has 1 aromatic carbocycles. The molecular weight excluding hydrogens is 270 g/mol. The predicted molar refractivity (Wildman–Crippen MR) is 97.0 cm³/mol. The molecule has 0 radical (unpaired) electrons. The number of rotatable bonds is 1. The fraction of sp³-hybridized carbons (Fsp3) is 0.400. The van der Waals surface area contributed by atoms with E-state index in [1.807, 2.05) is 19.9 Å². The van der Waals surface area contributed by atoms with Crippen LogP contribution >= 0.6 is 0 Å². The van der Waals surface area contributed by atoms with Gasteiger partial charge in [0.25, 0.3) is 0 Å². The number of fused-ring (bicyclic) bond motifs is 3. The Morgan fingerprint density at radius 1 is 1.14 bits per heavy atom. The summed E-state index contributed by atoms with van der Waals surface area (Å²) in [6, 6.07) is 8.39. The van der Waals surface area contributed by atoms with Gasteiger partial charge >= 0.3 is 0 Å². The van der Waals surface area contributed by atoms with Crippen molar-refractivity contribution in [3.8, 4) is 5.75 Å². The topological polar surface area (TPSA) is 35.2 Å². The molecule has 2 N–H and O–H groups in total. The van der Waals surface area contributed by atoms with Crippen LogP contribution in [0.3, 0.4) is 0 Å². The summed E-state index contributed by atoms with van der Waals surface area (Å²) in [6.07, 6.45) is 7.72. The molecule has 120 valence electrons. The molecule has 0 spiro atoms. The Balaban J connectivity index is 0.000000561. The minimum Gasteiger partial charge on any atom is -0.492 e. The van der Waals surface area contributed by atoms with Gasteiger partial charge in [-0.15, -0.1) is 0 Å². The van der Waals surface area contributed by atoms with E-state index in [4.69, 9.17) is 4.74 Å². The number of nitrogens with two attached hydrogens (primary N) is 1. The monoisotopic (exact) mass is 299 g/mol. The number of allylic oxidation sites excluding steroid dienone is 5. The van der Waals surface area contributed by atoms with Crippen molar-refractivity contribution in [2.24, 2.45) is 11.7 Å². The van der Waals surface area contributed by atoms with Crippen molar-refractivity contribution in [2.75, 3.05) is 13.7 Å². The van der Waals surface area contributed by atoms with Gasteiger partial charge in [-0.05, 0) is 50.1 Å². The average molecular weight is 299 g/mol. The summed E-state index contributed by atoms with van der Waals surface area (Å²) in [5.74, 6) is 1.56. The molecule has 0 saturated heterocycles. The lowest BCUT2D eigenvalue weighted by Crippen LogP contribution is -2.17. The normalized spacial score (nSPS) is 20.5. The highest BCUT2D eigenvalue weighted by Gasteiger charge is 2.33. The van der Waals surface area contributed by atoms with Gasteiger partial charge in [0.1, 0.15) is 5.75 Å². The molecule has 0 fully saturated rings. The second kappa shape index (κ2) is 9.26. The lowest BCUT2D eigenvalue weighted by molar-refractivity contribution is 0.270. The Kier molecular flexibility index (Phi) is 7.69. The molecule has 2 aliphatic rings.